The molecule has 1 aromatic heterocycles. The Bertz CT molecular complexity index is 980. The number of ether oxygens (including phenoxy) is 1. The van der Waals surface area contributed by atoms with E-state index in [0.717, 1.165) is 50.8 Å². The Morgan fingerprint density at radius 1 is 0.970 bits per heavy atom. The molecule has 5 heterocycles. The summed E-state index contributed by atoms with van der Waals surface area (Å²) >= 11 is 0. The number of nitrogens with zero attached hydrogens (tertiary/aromatic N) is 3. The molecule has 33 heavy (non-hydrogen) atoms. The van der Waals surface area contributed by atoms with Crippen molar-refractivity contribution in [2.24, 2.45) is 0 Å². The lowest BCUT2D eigenvalue weighted by Crippen LogP contribution is -2.57. The second-order valence-corrected chi connectivity index (χ2v) is 10.7. The highest BCUT2D eigenvalue weighted by Gasteiger charge is 2.31. The van der Waals surface area contributed by atoms with Crippen molar-refractivity contribution in [3.8, 4) is 0 Å². The van der Waals surface area contributed by atoms with Gasteiger partial charge < -0.3 is 15.0 Å². The van der Waals surface area contributed by atoms with Crippen LogP contribution in [0, 0.1) is 0 Å². The standard InChI is InChI=1S/C28H38N4O/c1-31-18-24(19-31)32-13-2-3-20(9-14-32)23-5-4-22-6-7-26-25(21-10-15-33-16-11-21)8-12-29-28(26)30-27(22)17-23/h4-5,8,12,17,20-21,24H,2-3,6-7,9-11,13-16,18-19H2,1H3,(H,29,30). The quantitative estimate of drug-likeness (QED) is 0.740. The molecule has 2 aromatic rings. The third kappa shape index (κ3) is 4.43. The van der Waals surface area contributed by atoms with Crippen LogP contribution in [0.1, 0.15) is 66.2 Å². The largest absolute Gasteiger partial charge is 0.381 e. The van der Waals surface area contributed by atoms with E-state index in [4.69, 9.17) is 9.72 Å². The molecule has 0 saturated carbocycles. The van der Waals surface area contributed by atoms with E-state index in [0.29, 0.717) is 11.8 Å². The topological polar surface area (TPSA) is 40.6 Å². The van der Waals surface area contributed by atoms with Gasteiger partial charge in [0, 0.05) is 44.2 Å². The van der Waals surface area contributed by atoms with E-state index in [1.165, 1.54) is 73.4 Å². The van der Waals surface area contributed by atoms with Crippen molar-refractivity contribution in [2.75, 3.05) is 51.8 Å². The van der Waals surface area contributed by atoms with Gasteiger partial charge >= 0.3 is 0 Å². The van der Waals surface area contributed by atoms with Crippen molar-refractivity contribution in [3.63, 3.8) is 0 Å². The van der Waals surface area contributed by atoms with Crippen molar-refractivity contribution < 1.29 is 4.74 Å². The van der Waals surface area contributed by atoms with E-state index in [2.05, 4.69) is 46.4 Å². The van der Waals surface area contributed by atoms with Gasteiger partial charge in [0.15, 0.2) is 0 Å². The molecule has 0 amide bonds. The number of hydrogen-bond acceptors (Lipinski definition) is 5. The Hall–Kier alpha value is -1.95. The summed E-state index contributed by atoms with van der Waals surface area (Å²) in [5, 5.41) is 3.77. The summed E-state index contributed by atoms with van der Waals surface area (Å²) in [7, 11) is 2.24. The van der Waals surface area contributed by atoms with Crippen LogP contribution >= 0.6 is 0 Å². The van der Waals surface area contributed by atoms with E-state index in [9.17, 15) is 0 Å². The fourth-order valence-electron chi connectivity index (χ4n) is 6.55. The minimum atomic E-state index is 0.610. The first-order valence-electron chi connectivity index (χ1n) is 13.1. The van der Waals surface area contributed by atoms with Gasteiger partial charge in [-0.1, -0.05) is 12.1 Å². The van der Waals surface area contributed by atoms with Gasteiger partial charge in [0.1, 0.15) is 5.82 Å². The normalized spacial score (nSPS) is 25.3. The Morgan fingerprint density at radius 2 is 1.85 bits per heavy atom. The zero-order valence-corrected chi connectivity index (χ0v) is 20.1. The number of nitrogens with one attached hydrogen (secondary N) is 1. The van der Waals surface area contributed by atoms with Crippen LogP contribution in [0.15, 0.2) is 30.5 Å². The summed E-state index contributed by atoms with van der Waals surface area (Å²) < 4.78 is 5.62. The lowest BCUT2D eigenvalue weighted by atomic mass is 9.87. The van der Waals surface area contributed by atoms with Gasteiger partial charge in [-0.15, -0.1) is 0 Å². The third-order valence-corrected chi connectivity index (χ3v) is 8.58. The van der Waals surface area contributed by atoms with Gasteiger partial charge in [-0.2, -0.15) is 0 Å². The predicted octanol–water partition coefficient (Wildman–Crippen LogP) is 4.70. The monoisotopic (exact) mass is 446 g/mol. The van der Waals surface area contributed by atoms with Gasteiger partial charge in [-0.3, -0.25) is 4.90 Å². The molecule has 0 spiro atoms. The number of likely N-dealkylation sites (N-methyl/N-ethyl adjacent to an activating group) is 1. The lowest BCUT2D eigenvalue weighted by molar-refractivity contribution is 0.0546. The Morgan fingerprint density at radius 3 is 2.70 bits per heavy atom. The molecule has 1 aromatic carbocycles. The van der Waals surface area contributed by atoms with Crippen molar-refractivity contribution in [2.45, 2.75) is 62.8 Å². The summed E-state index contributed by atoms with van der Waals surface area (Å²) in [4.78, 5) is 9.97. The third-order valence-electron chi connectivity index (χ3n) is 8.58. The summed E-state index contributed by atoms with van der Waals surface area (Å²) in [6.07, 6.45) is 10.3. The lowest BCUT2D eigenvalue weighted by Gasteiger charge is -2.43. The SMILES string of the molecule is CN1CC(N2CCCC(c3ccc4c(c3)Nc3nccc(C5CCOCC5)c3CC4)CC2)C1. The minimum Gasteiger partial charge on any atom is -0.381 e. The molecule has 3 saturated heterocycles. The fraction of sp³-hybridized carbons (Fsp3) is 0.607. The number of pyridine rings is 1. The van der Waals surface area contributed by atoms with Crippen LogP contribution in [-0.2, 0) is 17.6 Å². The van der Waals surface area contributed by atoms with Crippen molar-refractivity contribution in [1.82, 2.24) is 14.8 Å². The summed E-state index contributed by atoms with van der Waals surface area (Å²) in [5.74, 6) is 2.36. The highest BCUT2D eigenvalue weighted by atomic mass is 16.5. The first-order chi connectivity index (χ1) is 16.2. The summed E-state index contributed by atoms with van der Waals surface area (Å²) in [6, 6.07) is 10.3. The van der Waals surface area contributed by atoms with Crippen LogP contribution in [0.5, 0.6) is 0 Å². The maximum absolute atomic E-state index is 5.62. The van der Waals surface area contributed by atoms with Crippen LogP contribution in [0.25, 0.3) is 0 Å². The highest BCUT2D eigenvalue weighted by Crippen LogP contribution is 2.38. The number of benzene rings is 1. The molecule has 1 N–H and O–H groups in total. The number of rotatable bonds is 3. The van der Waals surface area contributed by atoms with E-state index in [-0.39, 0.29) is 0 Å². The van der Waals surface area contributed by atoms with Gasteiger partial charge in [-0.05, 0) is 111 Å². The molecule has 0 radical (unpaired) electrons. The number of hydrogen-bond donors (Lipinski definition) is 1. The average Bonchev–Trinajstić information content (AvgIpc) is 3.18. The summed E-state index contributed by atoms with van der Waals surface area (Å²) in [5.41, 5.74) is 7.15. The zero-order chi connectivity index (χ0) is 22.2. The minimum absolute atomic E-state index is 0.610. The number of aromatic nitrogens is 1. The predicted molar refractivity (Wildman–Crippen MR) is 134 cm³/mol. The first kappa shape index (κ1) is 21.6. The first-order valence-corrected chi connectivity index (χ1v) is 13.1. The second kappa shape index (κ2) is 9.36. The fourth-order valence-corrected chi connectivity index (χ4v) is 6.55. The van der Waals surface area contributed by atoms with Crippen molar-refractivity contribution in [3.05, 3.63) is 52.7 Å². The van der Waals surface area contributed by atoms with E-state index < -0.39 is 0 Å². The molecule has 1 unspecified atom stereocenters. The number of likely N-dealkylation sites (tertiary alicyclic amines) is 2. The molecule has 4 aliphatic rings. The molecule has 3 fully saturated rings. The maximum Gasteiger partial charge on any atom is 0.133 e. The van der Waals surface area contributed by atoms with E-state index >= 15 is 0 Å². The molecule has 6 rings (SSSR count). The molecular weight excluding hydrogens is 408 g/mol. The number of aryl methyl sites for hydroxylation is 1. The van der Waals surface area contributed by atoms with Gasteiger partial charge in [0.2, 0.25) is 0 Å². The molecule has 5 heteroatoms. The van der Waals surface area contributed by atoms with Crippen LogP contribution in [-0.4, -0.2) is 67.3 Å². The molecule has 176 valence electrons. The number of fused-ring (bicyclic) bond motifs is 2. The molecule has 0 bridgehead atoms. The van der Waals surface area contributed by atoms with Gasteiger partial charge in [0.25, 0.3) is 0 Å². The van der Waals surface area contributed by atoms with Crippen LogP contribution in [0.2, 0.25) is 0 Å². The van der Waals surface area contributed by atoms with Crippen molar-refractivity contribution in [1.29, 1.82) is 0 Å². The van der Waals surface area contributed by atoms with Crippen LogP contribution in [0.3, 0.4) is 0 Å². The van der Waals surface area contributed by atoms with Gasteiger partial charge in [0.05, 0.1) is 0 Å². The van der Waals surface area contributed by atoms with E-state index in [1.807, 2.05) is 6.20 Å². The van der Waals surface area contributed by atoms with Crippen LogP contribution < -0.4 is 5.32 Å². The average molecular weight is 447 g/mol. The molecule has 0 aliphatic carbocycles. The van der Waals surface area contributed by atoms with Crippen LogP contribution in [0.4, 0.5) is 11.5 Å². The molecule has 5 nitrogen and oxygen atoms in total. The Labute approximate surface area is 198 Å². The molecule has 4 aliphatic heterocycles. The Balaban J connectivity index is 1.20. The van der Waals surface area contributed by atoms with Gasteiger partial charge in [-0.25, -0.2) is 4.98 Å². The molecular formula is C28H38N4O. The second-order valence-electron chi connectivity index (χ2n) is 10.7. The van der Waals surface area contributed by atoms with E-state index in [1.54, 1.807) is 0 Å². The summed E-state index contributed by atoms with van der Waals surface area (Å²) in [6.45, 7) is 6.77. The Kier molecular flexibility index (Phi) is 6.12. The number of anilines is 2. The maximum atomic E-state index is 5.62. The molecule has 1 atom stereocenters. The van der Waals surface area contributed by atoms with Crippen molar-refractivity contribution >= 4 is 11.5 Å². The zero-order valence-electron chi connectivity index (χ0n) is 20.1. The highest BCUT2D eigenvalue weighted by molar-refractivity contribution is 5.67. The smallest absolute Gasteiger partial charge is 0.133 e.